The molecule has 0 aliphatic heterocycles. The van der Waals surface area contributed by atoms with Crippen LogP contribution in [-0.2, 0) is 11.3 Å². The Bertz CT molecular complexity index is 1080. The second-order valence-corrected chi connectivity index (χ2v) is 6.53. The maximum absolute atomic E-state index is 12.9. The van der Waals surface area contributed by atoms with Crippen molar-refractivity contribution in [2.75, 3.05) is 5.32 Å². The van der Waals surface area contributed by atoms with Crippen molar-refractivity contribution in [3.63, 3.8) is 0 Å². The van der Waals surface area contributed by atoms with Crippen LogP contribution in [0.5, 0.6) is 0 Å². The van der Waals surface area contributed by atoms with Gasteiger partial charge in [0.2, 0.25) is 6.54 Å². The first-order valence-electron chi connectivity index (χ1n) is 8.61. The topological polar surface area (TPSA) is 67.1 Å². The van der Waals surface area contributed by atoms with Crippen molar-refractivity contribution in [2.45, 2.75) is 13.5 Å². The van der Waals surface area contributed by atoms with Crippen LogP contribution in [0.25, 0.3) is 0 Å². The van der Waals surface area contributed by atoms with Gasteiger partial charge in [-0.2, -0.15) is 4.57 Å². The number of aryl methyl sites for hydroxylation is 1. The van der Waals surface area contributed by atoms with Crippen molar-refractivity contribution < 1.29 is 19.0 Å². The first-order chi connectivity index (χ1) is 13.0. The van der Waals surface area contributed by atoms with E-state index in [1.165, 1.54) is 0 Å². The molecule has 0 bridgehead atoms. The second-order valence-electron chi connectivity index (χ2n) is 6.53. The first-order valence-corrected chi connectivity index (χ1v) is 8.61. The molecule has 1 amide bonds. The van der Waals surface area contributed by atoms with Gasteiger partial charge in [0.05, 0.1) is 11.3 Å². The van der Waals surface area contributed by atoms with Crippen LogP contribution in [-0.4, -0.2) is 17.5 Å². The van der Waals surface area contributed by atoms with Gasteiger partial charge in [-0.25, -0.2) is 0 Å². The molecular weight excluding hydrogens is 340 g/mol. The maximum atomic E-state index is 12.9. The van der Waals surface area contributed by atoms with E-state index in [4.69, 9.17) is 0 Å². The summed E-state index contributed by atoms with van der Waals surface area (Å²) in [5, 5.41) is 2.78. The van der Waals surface area contributed by atoms with Gasteiger partial charge < -0.3 is 5.32 Å². The summed E-state index contributed by atoms with van der Waals surface area (Å²) in [4.78, 5) is 38.1. The molecule has 1 aliphatic carbocycles. The van der Waals surface area contributed by atoms with E-state index in [1.54, 1.807) is 47.0 Å². The summed E-state index contributed by atoms with van der Waals surface area (Å²) in [6.07, 6.45) is 3.64. The summed E-state index contributed by atoms with van der Waals surface area (Å²) >= 11 is 0. The number of hydrogen-bond donors (Lipinski definition) is 1. The molecule has 0 saturated heterocycles. The van der Waals surface area contributed by atoms with Crippen LogP contribution in [0.3, 0.4) is 0 Å². The van der Waals surface area contributed by atoms with E-state index in [1.807, 2.05) is 31.5 Å². The molecular formula is C22H17N2O3+. The number of carbonyl (C=O) groups excluding carboxylic acids is 3. The Morgan fingerprint density at radius 1 is 0.852 bits per heavy atom. The number of rotatable bonds is 3. The zero-order valence-electron chi connectivity index (χ0n) is 14.7. The Hall–Kier alpha value is -3.60. The number of ketones is 2. The number of pyridine rings is 1. The molecule has 0 spiro atoms. The predicted molar refractivity (Wildman–Crippen MR) is 99.8 cm³/mol. The molecule has 5 heteroatoms. The van der Waals surface area contributed by atoms with E-state index in [2.05, 4.69) is 5.32 Å². The van der Waals surface area contributed by atoms with Crippen LogP contribution in [0.2, 0.25) is 0 Å². The summed E-state index contributed by atoms with van der Waals surface area (Å²) in [5.41, 5.74) is 2.80. The molecule has 1 N–H and O–H groups in total. The molecule has 4 rings (SSSR count). The monoisotopic (exact) mass is 357 g/mol. The van der Waals surface area contributed by atoms with E-state index in [9.17, 15) is 14.4 Å². The number of anilines is 1. The lowest BCUT2D eigenvalue weighted by Gasteiger charge is -2.20. The number of carbonyl (C=O) groups is 3. The number of nitrogens with zero attached hydrogens (tertiary/aromatic N) is 1. The van der Waals surface area contributed by atoms with Crippen LogP contribution in [0, 0.1) is 6.92 Å². The van der Waals surface area contributed by atoms with Crippen LogP contribution in [0.4, 0.5) is 5.69 Å². The largest absolute Gasteiger partial charge is 0.320 e. The third-order valence-electron chi connectivity index (χ3n) is 4.61. The third-order valence-corrected chi connectivity index (χ3v) is 4.61. The minimum Gasteiger partial charge on any atom is -0.320 e. The molecule has 1 aliphatic rings. The predicted octanol–water partition coefficient (Wildman–Crippen LogP) is 2.70. The summed E-state index contributed by atoms with van der Waals surface area (Å²) < 4.78 is 1.75. The minimum absolute atomic E-state index is 0.114. The number of fused-ring (bicyclic) bond motifs is 2. The molecule has 0 atom stereocenters. The van der Waals surface area contributed by atoms with Crippen molar-refractivity contribution in [2.24, 2.45) is 0 Å². The highest BCUT2D eigenvalue weighted by Gasteiger charge is 2.31. The zero-order valence-corrected chi connectivity index (χ0v) is 14.7. The van der Waals surface area contributed by atoms with Gasteiger partial charge >= 0.3 is 0 Å². The maximum Gasteiger partial charge on any atom is 0.290 e. The highest BCUT2D eigenvalue weighted by atomic mass is 16.2. The van der Waals surface area contributed by atoms with E-state index < -0.39 is 0 Å². The first kappa shape index (κ1) is 16.8. The molecule has 0 saturated carbocycles. The van der Waals surface area contributed by atoms with Gasteiger partial charge in [0, 0.05) is 28.8 Å². The third kappa shape index (κ3) is 3.04. The zero-order chi connectivity index (χ0) is 19.0. The van der Waals surface area contributed by atoms with Crippen molar-refractivity contribution in [1.29, 1.82) is 0 Å². The van der Waals surface area contributed by atoms with Gasteiger partial charge in [0.25, 0.3) is 5.91 Å². The van der Waals surface area contributed by atoms with E-state index in [-0.39, 0.29) is 29.6 Å². The van der Waals surface area contributed by atoms with E-state index >= 15 is 0 Å². The fourth-order valence-corrected chi connectivity index (χ4v) is 3.24. The number of aromatic nitrogens is 1. The van der Waals surface area contributed by atoms with Crippen molar-refractivity contribution in [1.82, 2.24) is 0 Å². The summed E-state index contributed by atoms with van der Waals surface area (Å²) in [7, 11) is 0. The normalized spacial score (nSPS) is 12.3. The number of hydrogen-bond acceptors (Lipinski definition) is 3. The van der Waals surface area contributed by atoms with Crippen molar-refractivity contribution in [3.8, 4) is 0 Å². The van der Waals surface area contributed by atoms with Gasteiger partial charge in [-0.05, 0) is 18.6 Å². The lowest BCUT2D eigenvalue weighted by molar-refractivity contribution is -0.684. The van der Waals surface area contributed by atoms with Crippen LogP contribution in [0.1, 0.15) is 37.4 Å². The van der Waals surface area contributed by atoms with Gasteiger partial charge in [0.15, 0.2) is 24.0 Å². The molecule has 27 heavy (non-hydrogen) atoms. The lowest BCUT2D eigenvalue weighted by Crippen LogP contribution is -2.39. The molecule has 5 nitrogen and oxygen atoms in total. The standard InChI is InChI=1S/C22H16N2O3/c1-14-9-11-24(12-10-14)13-19(25)23-18-8-4-7-17-20(18)22(27)16-6-3-2-5-15(16)21(17)26/h2-12H,13H2,1H3/p+1. The molecule has 3 aromatic rings. The average Bonchev–Trinajstić information content (AvgIpc) is 2.68. The van der Waals surface area contributed by atoms with E-state index in [0.29, 0.717) is 22.4 Å². The number of nitrogens with one attached hydrogen (secondary N) is 1. The molecule has 0 fully saturated rings. The molecule has 0 radical (unpaired) electrons. The number of amides is 1. The average molecular weight is 357 g/mol. The fourth-order valence-electron chi connectivity index (χ4n) is 3.24. The highest BCUT2D eigenvalue weighted by molar-refractivity contribution is 6.30. The summed E-state index contributed by atoms with van der Waals surface area (Å²) in [5.74, 6) is -0.723. The summed E-state index contributed by atoms with van der Waals surface area (Å²) in [6.45, 7) is 2.09. The van der Waals surface area contributed by atoms with Crippen molar-refractivity contribution >= 4 is 23.2 Å². The highest BCUT2D eigenvalue weighted by Crippen LogP contribution is 2.31. The molecule has 132 valence electrons. The Labute approximate surface area is 156 Å². The van der Waals surface area contributed by atoms with Gasteiger partial charge in [-0.15, -0.1) is 0 Å². The quantitative estimate of drug-likeness (QED) is 0.573. The number of benzene rings is 2. The van der Waals surface area contributed by atoms with Gasteiger partial charge in [-0.3, -0.25) is 14.4 Å². The molecule has 2 aromatic carbocycles. The smallest absolute Gasteiger partial charge is 0.290 e. The van der Waals surface area contributed by atoms with Crippen LogP contribution < -0.4 is 9.88 Å². The Kier molecular flexibility index (Phi) is 4.12. The second kappa shape index (κ2) is 6.61. The molecule has 1 aromatic heterocycles. The van der Waals surface area contributed by atoms with Gasteiger partial charge in [-0.1, -0.05) is 36.4 Å². The minimum atomic E-state index is -0.267. The Balaban J connectivity index is 1.66. The lowest BCUT2D eigenvalue weighted by atomic mass is 9.83. The SMILES string of the molecule is Cc1cc[n+](CC(=O)Nc2cccc3c2C(=O)c2ccccc2C3=O)cc1. The fraction of sp³-hybridized carbons (Fsp3) is 0.0909. The molecule has 1 heterocycles. The van der Waals surface area contributed by atoms with Crippen LogP contribution in [0.15, 0.2) is 67.0 Å². The Morgan fingerprint density at radius 2 is 1.48 bits per heavy atom. The van der Waals surface area contributed by atoms with E-state index in [0.717, 1.165) is 5.56 Å². The van der Waals surface area contributed by atoms with Gasteiger partial charge in [0.1, 0.15) is 0 Å². The Morgan fingerprint density at radius 3 is 2.19 bits per heavy atom. The van der Waals surface area contributed by atoms with Crippen molar-refractivity contribution in [3.05, 3.63) is 94.8 Å². The summed E-state index contributed by atoms with van der Waals surface area (Å²) in [6, 6.07) is 15.5. The van der Waals surface area contributed by atoms with Crippen LogP contribution >= 0.6 is 0 Å². The molecule has 0 unspecified atom stereocenters.